The molecule has 17 heavy (non-hydrogen) atoms. The van der Waals surface area contributed by atoms with Gasteiger partial charge in [0.2, 0.25) is 5.91 Å². The van der Waals surface area contributed by atoms with Crippen molar-refractivity contribution in [2.24, 2.45) is 5.41 Å². The van der Waals surface area contributed by atoms with Crippen molar-refractivity contribution in [2.75, 3.05) is 13.1 Å². The van der Waals surface area contributed by atoms with Gasteiger partial charge in [-0.25, -0.2) is 0 Å². The highest BCUT2D eigenvalue weighted by atomic mass is 16.4. The predicted octanol–water partition coefficient (Wildman–Crippen LogP) is 2.28. The summed E-state index contributed by atoms with van der Waals surface area (Å²) in [4.78, 5) is 24.7. The molecule has 0 atom stereocenters. The van der Waals surface area contributed by atoms with Gasteiger partial charge in [0.05, 0.1) is 0 Å². The van der Waals surface area contributed by atoms with Crippen LogP contribution in [0.1, 0.15) is 52.4 Å². The molecule has 1 aliphatic carbocycles. The van der Waals surface area contributed by atoms with Crippen LogP contribution in [0.15, 0.2) is 0 Å². The molecule has 0 bridgehead atoms. The fourth-order valence-electron chi connectivity index (χ4n) is 2.77. The number of carbonyl (C=O) groups is 2. The standard InChI is InChI=1S/C13H23NO3/c1-3-13(8-6-5-7-9-13)12(17)14(4-2)10-11(15)16/h3-10H2,1-2H3,(H,15,16). The lowest BCUT2D eigenvalue weighted by atomic mass is 9.71. The Morgan fingerprint density at radius 3 is 2.18 bits per heavy atom. The minimum Gasteiger partial charge on any atom is -0.480 e. The third-order valence-electron chi connectivity index (χ3n) is 3.94. The first-order valence-electron chi connectivity index (χ1n) is 6.57. The molecule has 98 valence electrons. The maximum absolute atomic E-state index is 12.5. The Morgan fingerprint density at radius 1 is 1.18 bits per heavy atom. The molecule has 0 spiro atoms. The monoisotopic (exact) mass is 241 g/mol. The molecule has 1 amide bonds. The van der Waals surface area contributed by atoms with Crippen molar-refractivity contribution in [2.45, 2.75) is 52.4 Å². The van der Waals surface area contributed by atoms with E-state index in [1.54, 1.807) is 0 Å². The summed E-state index contributed by atoms with van der Waals surface area (Å²) in [5, 5.41) is 8.83. The van der Waals surface area contributed by atoms with Crippen molar-refractivity contribution >= 4 is 11.9 Å². The molecule has 0 saturated heterocycles. The van der Waals surface area contributed by atoms with Crippen LogP contribution in [0, 0.1) is 5.41 Å². The normalized spacial score (nSPS) is 18.7. The van der Waals surface area contributed by atoms with E-state index in [1.807, 2.05) is 13.8 Å². The Kier molecular flexibility index (Phi) is 4.97. The fraction of sp³-hybridized carbons (Fsp3) is 0.846. The second kappa shape index (κ2) is 6.03. The van der Waals surface area contributed by atoms with Crippen LogP contribution < -0.4 is 0 Å². The second-order valence-electron chi connectivity index (χ2n) is 4.91. The number of carbonyl (C=O) groups excluding carboxylic acids is 1. The molecule has 4 nitrogen and oxygen atoms in total. The number of aliphatic carboxylic acids is 1. The van der Waals surface area contributed by atoms with Crippen LogP contribution in [-0.4, -0.2) is 35.0 Å². The highest BCUT2D eigenvalue weighted by Gasteiger charge is 2.40. The Morgan fingerprint density at radius 2 is 1.76 bits per heavy atom. The number of hydrogen-bond donors (Lipinski definition) is 1. The van der Waals surface area contributed by atoms with Gasteiger partial charge >= 0.3 is 5.97 Å². The molecular formula is C13H23NO3. The van der Waals surface area contributed by atoms with Gasteiger partial charge < -0.3 is 10.0 Å². The second-order valence-corrected chi connectivity index (χ2v) is 4.91. The third-order valence-corrected chi connectivity index (χ3v) is 3.94. The molecule has 0 aromatic heterocycles. The zero-order valence-corrected chi connectivity index (χ0v) is 10.9. The lowest BCUT2D eigenvalue weighted by molar-refractivity contribution is -0.151. The Balaban J connectivity index is 2.78. The predicted molar refractivity (Wildman–Crippen MR) is 65.7 cm³/mol. The summed E-state index contributed by atoms with van der Waals surface area (Å²) in [6.07, 6.45) is 6.02. The van der Waals surface area contributed by atoms with Crippen LogP contribution in [-0.2, 0) is 9.59 Å². The smallest absolute Gasteiger partial charge is 0.323 e. The van der Waals surface area contributed by atoms with Gasteiger partial charge in [0.15, 0.2) is 0 Å². The van der Waals surface area contributed by atoms with Gasteiger partial charge in [0.25, 0.3) is 0 Å². The molecule has 0 aliphatic heterocycles. The molecule has 1 N–H and O–H groups in total. The molecule has 1 saturated carbocycles. The van der Waals surface area contributed by atoms with E-state index in [9.17, 15) is 9.59 Å². The Labute approximate surface area is 103 Å². The molecule has 1 rings (SSSR count). The summed E-state index contributed by atoms with van der Waals surface area (Å²) in [6.45, 7) is 4.19. The van der Waals surface area contributed by atoms with Gasteiger partial charge in [0.1, 0.15) is 6.54 Å². The number of likely N-dealkylation sites (N-methyl/N-ethyl adjacent to an activating group) is 1. The van der Waals surface area contributed by atoms with E-state index < -0.39 is 5.97 Å². The van der Waals surface area contributed by atoms with E-state index in [-0.39, 0.29) is 17.9 Å². The molecule has 0 aromatic rings. The van der Waals surface area contributed by atoms with Gasteiger partial charge in [-0.15, -0.1) is 0 Å². The highest BCUT2D eigenvalue weighted by Crippen LogP contribution is 2.40. The van der Waals surface area contributed by atoms with Crippen LogP contribution in [0.25, 0.3) is 0 Å². The molecule has 0 radical (unpaired) electrons. The average Bonchev–Trinajstić information content (AvgIpc) is 2.35. The van der Waals surface area contributed by atoms with E-state index in [4.69, 9.17) is 5.11 Å². The minimum absolute atomic E-state index is 0.0459. The fourth-order valence-corrected chi connectivity index (χ4v) is 2.77. The van der Waals surface area contributed by atoms with Gasteiger partial charge in [-0.05, 0) is 26.2 Å². The average molecular weight is 241 g/mol. The maximum Gasteiger partial charge on any atom is 0.323 e. The highest BCUT2D eigenvalue weighted by molar-refractivity contribution is 5.86. The largest absolute Gasteiger partial charge is 0.480 e. The number of rotatable bonds is 5. The topological polar surface area (TPSA) is 57.6 Å². The van der Waals surface area contributed by atoms with Crippen LogP contribution in [0.4, 0.5) is 0 Å². The van der Waals surface area contributed by atoms with Crippen molar-refractivity contribution in [3.63, 3.8) is 0 Å². The van der Waals surface area contributed by atoms with E-state index in [1.165, 1.54) is 11.3 Å². The van der Waals surface area contributed by atoms with Crippen LogP contribution >= 0.6 is 0 Å². The molecule has 0 heterocycles. The SMILES string of the molecule is CCN(CC(=O)O)C(=O)C1(CC)CCCCC1. The molecule has 1 fully saturated rings. The first kappa shape index (κ1) is 14.0. The van der Waals surface area contributed by atoms with Gasteiger partial charge in [0, 0.05) is 12.0 Å². The summed E-state index contributed by atoms with van der Waals surface area (Å²) in [7, 11) is 0. The zero-order chi connectivity index (χ0) is 12.9. The Bertz CT molecular complexity index is 282. The van der Waals surface area contributed by atoms with Crippen LogP contribution in [0.3, 0.4) is 0 Å². The first-order chi connectivity index (χ1) is 8.05. The van der Waals surface area contributed by atoms with E-state index in [2.05, 4.69) is 0 Å². The van der Waals surface area contributed by atoms with Crippen molar-refractivity contribution in [3.05, 3.63) is 0 Å². The van der Waals surface area contributed by atoms with E-state index >= 15 is 0 Å². The zero-order valence-electron chi connectivity index (χ0n) is 10.9. The summed E-state index contributed by atoms with van der Waals surface area (Å²) in [5.41, 5.74) is -0.288. The maximum atomic E-state index is 12.5. The molecule has 4 heteroatoms. The molecule has 0 unspecified atom stereocenters. The summed E-state index contributed by atoms with van der Waals surface area (Å²) >= 11 is 0. The van der Waals surface area contributed by atoms with Crippen molar-refractivity contribution in [3.8, 4) is 0 Å². The van der Waals surface area contributed by atoms with Crippen LogP contribution in [0.5, 0.6) is 0 Å². The van der Waals surface area contributed by atoms with E-state index in [0.29, 0.717) is 6.54 Å². The van der Waals surface area contributed by atoms with Crippen molar-refractivity contribution in [1.29, 1.82) is 0 Å². The van der Waals surface area contributed by atoms with Gasteiger partial charge in [-0.2, -0.15) is 0 Å². The minimum atomic E-state index is -0.928. The van der Waals surface area contributed by atoms with Crippen molar-refractivity contribution < 1.29 is 14.7 Å². The summed E-state index contributed by atoms with van der Waals surface area (Å²) in [5.74, 6) is -0.883. The van der Waals surface area contributed by atoms with Gasteiger partial charge in [-0.1, -0.05) is 26.2 Å². The summed E-state index contributed by atoms with van der Waals surface area (Å²) < 4.78 is 0. The number of nitrogens with zero attached hydrogens (tertiary/aromatic N) is 1. The van der Waals surface area contributed by atoms with Crippen LogP contribution in [0.2, 0.25) is 0 Å². The molecule has 1 aliphatic rings. The molecular weight excluding hydrogens is 218 g/mol. The van der Waals surface area contributed by atoms with Gasteiger partial charge in [-0.3, -0.25) is 9.59 Å². The molecule has 0 aromatic carbocycles. The lowest BCUT2D eigenvalue weighted by Crippen LogP contribution is -2.46. The third kappa shape index (κ3) is 3.20. The number of amides is 1. The lowest BCUT2D eigenvalue weighted by Gasteiger charge is -2.38. The number of carboxylic acid groups (broad SMARTS) is 1. The number of hydrogen-bond acceptors (Lipinski definition) is 2. The van der Waals surface area contributed by atoms with Crippen molar-refractivity contribution in [1.82, 2.24) is 4.90 Å². The summed E-state index contributed by atoms with van der Waals surface area (Å²) in [6, 6.07) is 0. The quantitative estimate of drug-likeness (QED) is 0.803. The van der Waals surface area contributed by atoms with E-state index in [0.717, 1.165) is 32.1 Å². The number of carboxylic acids is 1. The first-order valence-corrected chi connectivity index (χ1v) is 6.57. The Hall–Kier alpha value is -1.06.